The molecular weight excluding hydrogens is 308 g/mol. The fourth-order valence-electron chi connectivity index (χ4n) is 3.31. The molecule has 0 saturated carbocycles. The lowest BCUT2D eigenvalue weighted by Gasteiger charge is -2.24. The Morgan fingerprint density at radius 2 is 1.68 bits per heavy atom. The minimum Gasteiger partial charge on any atom is -0.484 e. The Balaban J connectivity index is 1.98. The molecule has 0 spiro atoms. The summed E-state index contributed by atoms with van der Waals surface area (Å²) in [5.41, 5.74) is 6.49. The van der Waals surface area contributed by atoms with Crippen LogP contribution in [0.4, 0.5) is 0 Å². The molecular formula is C22H20N2O. The molecule has 0 bridgehead atoms. The summed E-state index contributed by atoms with van der Waals surface area (Å²) < 4.78 is 8.29. The third kappa shape index (κ3) is 2.68. The summed E-state index contributed by atoms with van der Waals surface area (Å²) in [7, 11) is 0. The first kappa shape index (κ1) is 15.5. The summed E-state index contributed by atoms with van der Waals surface area (Å²) in [6.07, 6.45) is 2.72. The van der Waals surface area contributed by atoms with Crippen LogP contribution in [0.1, 0.15) is 28.1 Å². The Hall–Kier alpha value is -3.07. The predicted octanol–water partition coefficient (Wildman–Crippen LogP) is 4.82. The molecule has 0 saturated heterocycles. The van der Waals surface area contributed by atoms with Gasteiger partial charge in [0.1, 0.15) is 12.3 Å². The normalized spacial score (nSPS) is 13.3. The fraction of sp³-hybridized carbons (Fsp3) is 0.136. The van der Waals surface area contributed by atoms with Crippen LogP contribution in [-0.2, 0) is 17.8 Å². The molecule has 1 aromatic heterocycles. The zero-order chi connectivity index (χ0) is 17.2. The van der Waals surface area contributed by atoms with E-state index in [2.05, 4.69) is 42.4 Å². The summed E-state index contributed by atoms with van der Waals surface area (Å²) in [4.78, 5) is 0. The minimum absolute atomic E-state index is 0.518. The minimum atomic E-state index is 0.518. The first-order valence-corrected chi connectivity index (χ1v) is 8.46. The zero-order valence-electron chi connectivity index (χ0n) is 14.3. The Labute approximate surface area is 147 Å². The number of benzene rings is 2. The van der Waals surface area contributed by atoms with Crippen molar-refractivity contribution in [2.45, 2.75) is 20.0 Å². The van der Waals surface area contributed by atoms with Crippen LogP contribution in [0.15, 0.2) is 73.3 Å². The van der Waals surface area contributed by atoms with Crippen molar-refractivity contribution in [2.75, 3.05) is 0 Å². The quantitative estimate of drug-likeness (QED) is 0.642. The van der Waals surface area contributed by atoms with Gasteiger partial charge in [-0.05, 0) is 13.3 Å². The second kappa shape index (κ2) is 6.44. The number of rotatable bonds is 4. The maximum absolute atomic E-state index is 6.24. The van der Waals surface area contributed by atoms with Gasteiger partial charge < -0.3 is 4.74 Å². The molecule has 2 aromatic carbocycles. The van der Waals surface area contributed by atoms with Gasteiger partial charge in [0.15, 0.2) is 5.76 Å². The van der Waals surface area contributed by atoms with Gasteiger partial charge in [-0.2, -0.15) is 5.10 Å². The third-order valence-corrected chi connectivity index (χ3v) is 4.50. The van der Waals surface area contributed by atoms with Crippen molar-refractivity contribution in [1.82, 2.24) is 9.78 Å². The highest BCUT2D eigenvalue weighted by molar-refractivity contribution is 5.88. The first-order valence-electron chi connectivity index (χ1n) is 8.46. The molecule has 0 radical (unpaired) electrons. The maximum atomic E-state index is 6.24. The van der Waals surface area contributed by atoms with Crippen LogP contribution in [0, 0.1) is 6.92 Å². The van der Waals surface area contributed by atoms with Gasteiger partial charge in [0.2, 0.25) is 0 Å². The molecule has 1 aliphatic heterocycles. The molecule has 4 rings (SSSR count). The Morgan fingerprint density at radius 3 is 2.32 bits per heavy atom. The van der Waals surface area contributed by atoms with Crippen molar-refractivity contribution in [3.8, 4) is 0 Å². The molecule has 3 aromatic rings. The molecule has 25 heavy (non-hydrogen) atoms. The number of fused-ring (bicyclic) bond motifs is 1. The van der Waals surface area contributed by atoms with Crippen LogP contribution in [0.2, 0.25) is 0 Å². The number of hydrogen-bond donors (Lipinski definition) is 0. The van der Waals surface area contributed by atoms with E-state index >= 15 is 0 Å². The summed E-state index contributed by atoms with van der Waals surface area (Å²) in [5.74, 6) is 0.868. The van der Waals surface area contributed by atoms with Crippen LogP contribution >= 0.6 is 0 Å². The topological polar surface area (TPSA) is 27.1 Å². The van der Waals surface area contributed by atoms with Gasteiger partial charge >= 0.3 is 0 Å². The maximum Gasteiger partial charge on any atom is 0.153 e. The molecule has 1 aliphatic rings. The van der Waals surface area contributed by atoms with Gasteiger partial charge in [0.25, 0.3) is 0 Å². The predicted molar refractivity (Wildman–Crippen MR) is 101 cm³/mol. The summed E-state index contributed by atoms with van der Waals surface area (Å²) in [6, 6.07) is 20.5. The van der Waals surface area contributed by atoms with Crippen LogP contribution in [0.5, 0.6) is 0 Å². The van der Waals surface area contributed by atoms with E-state index in [9.17, 15) is 0 Å². The van der Waals surface area contributed by atoms with Gasteiger partial charge in [0.05, 0.1) is 11.4 Å². The monoisotopic (exact) mass is 328 g/mol. The SMILES string of the molecule is C=CCc1c(C)nn2c1COC(c1ccccc1)=C2c1ccccc1. The lowest BCUT2D eigenvalue weighted by Crippen LogP contribution is -2.16. The highest BCUT2D eigenvalue weighted by atomic mass is 16.5. The van der Waals surface area contributed by atoms with Crippen LogP contribution in [0.25, 0.3) is 11.5 Å². The molecule has 0 fully saturated rings. The molecule has 0 atom stereocenters. The van der Waals surface area contributed by atoms with Crippen molar-refractivity contribution in [1.29, 1.82) is 0 Å². The van der Waals surface area contributed by atoms with Crippen molar-refractivity contribution in [2.24, 2.45) is 0 Å². The number of ether oxygens (including phenoxy) is 1. The molecule has 0 aliphatic carbocycles. The Morgan fingerprint density at radius 1 is 1.04 bits per heavy atom. The van der Waals surface area contributed by atoms with Gasteiger partial charge in [-0.25, -0.2) is 4.68 Å². The average molecular weight is 328 g/mol. The smallest absolute Gasteiger partial charge is 0.153 e. The third-order valence-electron chi connectivity index (χ3n) is 4.50. The number of aryl methyl sites for hydroxylation is 1. The lowest BCUT2D eigenvalue weighted by atomic mass is 10.0. The number of hydrogen-bond acceptors (Lipinski definition) is 2. The first-order chi connectivity index (χ1) is 12.3. The van der Waals surface area contributed by atoms with E-state index in [-0.39, 0.29) is 0 Å². The summed E-state index contributed by atoms with van der Waals surface area (Å²) in [6.45, 7) is 6.44. The van der Waals surface area contributed by atoms with E-state index in [1.165, 1.54) is 5.56 Å². The second-order valence-corrected chi connectivity index (χ2v) is 6.11. The van der Waals surface area contributed by atoms with Gasteiger partial charge in [-0.15, -0.1) is 6.58 Å². The molecule has 124 valence electrons. The van der Waals surface area contributed by atoms with E-state index in [0.717, 1.165) is 40.4 Å². The molecule has 3 heteroatoms. The van der Waals surface area contributed by atoms with Crippen LogP contribution in [0.3, 0.4) is 0 Å². The van der Waals surface area contributed by atoms with Crippen molar-refractivity contribution >= 4 is 11.5 Å². The van der Waals surface area contributed by atoms with Crippen molar-refractivity contribution in [3.05, 3.63) is 101 Å². The highest BCUT2D eigenvalue weighted by Crippen LogP contribution is 2.36. The standard InChI is InChI=1S/C22H20N2O/c1-3-10-19-16(2)23-24-20(19)15-25-22(18-13-8-5-9-14-18)21(24)17-11-6-4-7-12-17/h3-9,11-14H,1,10,15H2,2H3. The van der Waals surface area contributed by atoms with Crippen molar-refractivity contribution in [3.63, 3.8) is 0 Å². The van der Waals surface area contributed by atoms with Crippen LogP contribution in [-0.4, -0.2) is 9.78 Å². The zero-order valence-corrected chi connectivity index (χ0v) is 14.3. The lowest BCUT2D eigenvalue weighted by molar-refractivity contribution is 0.247. The van der Waals surface area contributed by atoms with Gasteiger partial charge in [-0.1, -0.05) is 66.7 Å². The number of aromatic nitrogens is 2. The van der Waals surface area contributed by atoms with E-state index < -0.39 is 0 Å². The highest BCUT2D eigenvalue weighted by Gasteiger charge is 2.27. The number of nitrogens with zero attached hydrogens (tertiary/aromatic N) is 2. The van der Waals surface area contributed by atoms with E-state index in [1.807, 2.05) is 42.5 Å². The number of allylic oxidation sites excluding steroid dienone is 1. The van der Waals surface area contributed by atoms with Crippen LogP contribution < -0.4 is 0 Å². The summed E-state index contributed by atoms with van der Waals surface area (Å²) >= 11 is 0. The van der Waals surface area contributed by atoms with E-state index in [0.29, 0.717) is 6.61 Å². The second-order valence-electron chi connectivity index (χ2n) is 6.11. The van der Waals surface area contributed by atoms with E-state index in [1.54, 1.807) is 0 Å². The van der Waals surface area contributed by atoms with E-state index in [4.69, 9.17) is 9.84 Å². The molecule has 2 heterocycles. The van der Waals surface area contributed by atoms with Gasteiger partial charge in [-0.3, -0.25) is 0 Å². The molecule has 3 nitrogen and oxygen atoms in total. The Bertz CT molecular complexity index is 937. The fourth-order valence-corrected chi connectivity index (χ4v) is 3.31. The molecule has 0 unspecified atom stereocenters. The largest absolute Gasteiger partial charge is 0.484 e. The summed E-state index contributed by atoms with van der Waals surface area (Å²) in [5, 5.41) is 4.83. The average Bonchev–Trinajstić information content (AvgIpc) is 2.98. The molecule has 0 N–H and O–H groups in total. The Kier molecular flexibility index (Phi) is 3.98. The van der Waals surface area contributed by atoms with Gasteiger partial charge in [0, 0.05) is 16.7 Å². The molecule has 0 amide bonds. The van der Waals surface area contributed by atoms with Crippen molar-refractivity contribution < 1.29 is 4.74 Å².